The topological polar surface area (TPSA) is 81.5 Å². The van der Waals surface area contributed by atoms with Crippen molar-refractivity contribution in [1.29, 1.82) is 0 Å². The van der Waals surface area contributed by atoms with Gasteiger partial charge in [-0.1, -0.05) is 5.21 Å². The summed E-state index contributed by atoms with van der Waals surface area (Å²) in [6.07, 6.45) is 1.91. The fourth-order valence-corrected chi connectivity index (χ4v) is 3.46. The minimum Gasteiger partial charge on any atom is -0.486 e. The van der Waals surface area contributed by atoms with Crippen molar-refractivity contribution in [3.05, 3.63) is 29.6 Å². The van der Waals surface area contributed by atoms with E-state index in [0.717, 1.165) is 43.1 Å². The molecule has 0 bridgehead atoms. The highest BCUT2D eigenvalue weighted by atomic mass is 35.5. The Kier molecular flexibility index (Phi) is 5.86. The SMILES string of the molecule is CNC1CCN(C(=O)c2nnn(-c3ccc4c(c3)OCCO4)c2C)CC1.Cl. The van der Waals surface area contributed by atoms with Gasteiger partial charge in [0.1, 0.15) is 13.2 Å². The van der Waals surface area contributed by atoms with Gasteiger partial charge in [-0.3, -0.25) is 4.79 Å². The van der Waals surface area contributed by atoms with Crippen LogP contribution in [0.5, 0.6) is 11.5 Å². The van der Waals surface area contributed by atoms with Crippen LogP contribution in [0.25, 0.3) is 5.69 Å². The molecule has 2 aromatic rings. The molecule has 0 spiro atoms. The molecule has 146 valence electrons. The lowest BCUT2D eigenvalue weighted by Crippen LogP contribution is -2.44. The van der Waals surface area contributed by atoms with Gasteiger partial charge < -0.3 is 19.7 Å². The zero-order valence-corrected chi connectivity index (χ0v) is 16.3. The van der Waals surface area contributed by atoms with Crippen molar-refractivity contribution in [1.82, 2.24) is 25.2 Å². The van der Waals surface area contributed by atoms with Crippen LogP contribution in [0.15, 0.2) is 18.2 Å². The minimum atomic E-state index is -0.0548. The largest absolute Gasteiger partial charge is 0.486 e. The van der Waals surface area contributed by atoms with Gasteiger partial charge in [0, 0.05) is 25.2 Å². The van der Waals surface area contributed by atoms with E-state index in [1.54, 1.807) is 4.68 Å². The fourth-order valence-electron chi connectivity index (χ4n) is 3.46. The summed E-state index contributed by atoms with van der Waals surface area (Å²) < 4.78 is 12.8. The highest BCUT2D eigenvalue weighted by Gasteiger charge is 2.27. The molecule has 1 fully saturated rings. The first-order valence-corrected chi connectivity index (χ1v) is 8.96. The van der Waals surface area contributed by atoms with Gasteiger partial charge in [0.05, 0.1) is 11.4 Å². The van der Waals surface area contributed by atoms with Crippen molar-refractivity contribution in [3.8, 4) is 17.2 Å². The van der Waals surface area contributed by atoms with Crippen molar-refractivity contribution in [2.24, 2.45) is 0 Å². The van der Waals surface area contributed by atoms with E-state index < -0.39 is 0 Å². The van der Waals surface area contributed by atoms with E-state index in [-0.39, 0.29) is 18.3 Å². The first-order chi connectivity index (χ1) is 12.7. The average Bonchev–Trinajstić information content (AvgIpc) is 3.08. The van der Waals surface area contributed by atoms with Crippen LogP contribution in [-0.4, -0.2) is 65.2 Å². The molecule has 27 heavy (non-hydrogen) atoms. The zero-order chi connectivity index (χ0) is 18.1. The average molecular weight is 394 g/mol. The van der Waals surface area contributed by atoms with Crippen LogP contribution in [0.2, 0.25) is 0 Å². The Morgan fingerprint density at radius 2 is 1.89 bits per heavy atom. The number of fused-ring (bicyclic) bond motifs is 1. The van der Waals surface area contributed by atoms with Gasteiger partial charge in [0.15, 0.2) is 17.2 Å². The number of ether oxygens (including phenoxy) is 2. The van der Waals surface area contributed by atoms with E-state index in [2.05, 4.69) is 15.6 Å². The maximum absolute atomic E-state index is 12.8. The van der Waals surface area contributed by atoms with Crippen LogP contribution in [-0.2, 0) is 0 Å². The molecule has 4 rings (SSSR count). The summed E-state index contributed by atoms with van der Waals surface area (Å²) in [4.78, 5) is 14.7. The van der Waals surface area contributed by atoms with Gasteiger partial charge >= 0.3 is 0 Å². The highest BCUT2D eigenvalue weighted by molar-refractivity contribution is 5.93. The van der Waals surface area contributed by atoms with Gasteiger partial charge in [-0.05, 0) is 38.9 Å². The number of hydrogen-bond donors (Lipinski definition) is 1. The van der Waals surface area contributed by atoms with Crippen LogP contribution in [0.1, 0.15) is 29.0 Å². The van der Waals surface area contributed by atoms with Crippen molar-refractivity contribution >= 4 is 18.3 Å². The zero-order valence-electron chi connectivity index (χ0n) is 15.5. The normalized spacial score (nSPS) is 16.7. The third-order valence-corrected chi connectivity index (χ3v) is 5.06. The molecule has 3 heterocycles. The number of amides is 1. The quantitative estimate of drug-likeness (QED) is 0.852. The highest BCUT2D eigenvalue weighted by Crippen LogP contribution is 2.32. The number of piperidine rings is 1. The van der Waals surface area contributed by atoms with E-state index in [1.165, 1.54) is 0 Å². The monoisotopic (exact) mass is 393 g/mol. The molecular weight excluding hydrogens is 370 g/mol. The number of carbonyl (C=O) groups is 1. The molecule has 1 aromatic heterocycles. The second-order valence-electron chi connectivity index (χ2n) is 6.62. The number of hydrogen-bond acceptors (Lipinski definition) is 6. The lowest BCUT2D eigenvalue weighted by molar-refractivity contribution is 0.0700. The minimum absolute atomic E-state index is 0. The lowest BCUT2D eigenvalue weighted by atomic mass is 10.0. The van der Waals surface area contributed by atoms with Gasteiger partial charge in [-0.25, -0.2) is 4.68 Å². The summed E-state index contributed by atoms with van der Waals surface area (Å²) in [6.45, 7) is 4.42. The summed E-state index contributed by atoms with van der Waals surface area (Å²) in [5, 5.41) is 11.6. The van der Waals surface area contributed by atoms with Crippen LogP contribution in [0, 0.1) is 6.92 Å². The lowest BCUT2D eigenvalue weighted by Gasteiger charge is -2.31. The molecule has 0 radical (unpaired) electrons. The van der Waals surface area contributed by atoms with Crippen molar-refractivity contribution in [2.75, 3.05) is 33.4 Å². The van der Waals surface area contributed by atoms with Crippen LogP contribution < -0.4 is 14.8 Å². The Balaban J connectivity index is 0.00000210. The molecule has 2 aliphatic heterocycles. The molecule has 1 N–H and O–H groups in total. The smallest absolute Gasteiger partial charge is 0.276 e. The Labute approximate surface area is 164 Å². The van der Waals surface area contributed by atoms with E-state index in [4.69, 9.17) is 9.47 Å². The predicted molar refractivity (Wildman–Crippen MR) is 102 cm³/mol. The van der Waals surface area contributed by atoms with Gasteiger partial charge in [-0.15, -0.1) is 17.5 Å². The Hall–Kier alpha value is -2.32. The number of carbonyl (C=O) groups excluding carboxylic acids is 1. The maximum atomic E-state index is 12.8. The summed E-state index contributed by atoms with van der Waals surface area (Å²) in [5.41, 5.74) is 1.93. The van der Waals surface area contributed by atoms with Crippen molar-refractivity contribution in [3.63, 3.8) is 0 Å². The van der Waals surface area contributed by atoms with E-state index in [1.807, 2.05) is 37.1 Å². The Morgan fingerprint density at radius 3 is 2.59 bits per heavy atom. The molecule has 0 atom stereocenters. The third kappa shape index (κ3) is 3.72. The molecule has 9 heteroatoms. The molecule has 1 saturated heterocycles. The molecule has 0 saturated carbocycles. The van der Waals surface area contributed by atoms with Crippen LogP contribution >= 0.6 is 12.4 Å². The van der Waals surface area contributed by atoms with Gasteiger partial charge in [0.25, 0.3) is 5.91 Å². The number of aromatic nitrogens is 3. The molecule has 8 nitrogen and oxygen atoms in total. The second kappa shape index (κ2) is 8.14. The standard InChI is InChI=1S/C18H23N5O3.ClH/c1-12-17(18(24)22-7-5-13(19-2)6-8-22)20-21-23(12)14-3-4-15-16(11-14)26-10-9-25-15;/h3-4,11,13,19H,5-10H2,1-2H3;1H. The summed E-state index contributed by atoms with van der Waals surface area (Å²) in [5.74, 6) is 1.35. The number of likely N-dealkylation sites (tertiary alicyclic amines) is 1. The first-order valence-electron chi connectivity index (χ1n) is 8.96. The molecular formula is C18H24ClN5O3. The fraction of sp³-hybridized carbons (Fsp3) is 0.500. The number of benzene rings is 1. The van der Waals surface area contributed by atoms with Gasteiger partial charge in [-0.2, -0.15) is 0 Å². The van der Waals surface area contributed by atoms with Crippen molar-refractivity contribution < 1.29 is 14.3 Å². The van der Waals surface area contributed by atoms with Crippen LogP contribution in [0.4, 0.5) is 0 Å². The maximum Gasteiger partial charge on any atom is 0.276 e. The van der Waals surface area contributed by atoms with Crippen LogP contribution in [0.3, 0.4) is 0 Å². The number of halogens is 1. The van der Waals surface area contributed by atoms with E-state index in [9.17, 15) is 4.79 Å². The van der Waals surface area contributed by atoms with Crippen molar-refractivity contribution in [2.45, 2.75) is 25.8 Å². The Morgan fingerprint density at radius 1 is 1.19 bits per heavy atom. The summed E-state index contributed by atoms with van der Waals surface area (Å²) >= 11 is 0. The first kappa shape index (κ1) is 19.4. The molecule has 1 amide bonds. The molecule has 2 aliphatic rings. The second-order valence-corrected chi connectivity index (χ2v) is 6.62. The summed E-state index contributed by atoms with van der Waals surface area (Å²) in [7, 11) is 1.96. The number of rotatable bonds is 3. The molecule has 0 aliphatic carbocycles. The van der Waals surface area contributed by atoms with E-state index in [0.29, 0.717) is 30.7 Å². The molecule has 1 aromatic carbocycles. The van der Waals surface area contributed by atoms with Gasteiger partial charge in [0.2, 0.25) is 0 Å². The molecule has 0 unspecified atom stereocenters. The third-order valence-electron chi connectivity index (χ3n) is 5.06. The Bertz CT molecular complexity index is 817. The summed E-state index contributed by atoms with van der Waals surface area (Å²) in [6, 6.07) is 6.09. The van der Waals surface area contributed by atoms with E-state index >= 15 is 0 Å². The number of nitrogens with one attached hydrogen (secondary N) is 1. The predicted octanol–water partition coefficient (Wildman–Crippen LogP) is 1.59. The number of nitrogens with zero attached hydrogens (tertiary/aromatic N) is 4.